The Morgan fingerprint density at radius 1 is 1.80 bits per heavy atom. The maximum Gasteiger partial charge on any atom is 0.235 e. The van der Waals surface area contributed by atoms with E-state index in [0.29, 0.717) is 0 Å². The van der Waals surface area contributed by atoms with Crippen LogP contribution in [0.2, 0.25) is 0 Å². The van der Waals surface area contributed by atoms with E-state index in [1.807, 2.05) is 7.05 Å². The first-order chi connectivity index (χ1) is 4.88. The molecule has 1 N–H and O–H groups in total. The molecule has 0 aliphatic carbocycles. The number of hydrogen-bond donors (Lipinski definition) is 1. The van der Waals surface area contributed by atoms with Gasteiger partial charge in [0.25, 0.3) is 0 Å². The van der Waals surface area contributed by atoms with E-state index in [1.165, 1.54) is 0 Å². The molecule has 1 aromatic heterocycles. The first-order valence-electron chi connectivity index (χ1n) is 3.26. The Kier molecular flexibility index (Phi) is 1.06. The molecule has 0 saturated heterocycles. The number of anilines is 1. The zero-order chi connectivity index (χ0) is 6.97. The zero-order valence-corrected chi connectivity index (χ0v) is 5.79. The van der Waals surface area contributed by atoms with Gasteiger partial charge in [0, 0.05) is 13.6 Å². The molecule has 0 aromatic carbocycles. The minimum atomic E-state index is 0.729. The summed E-state index contributed by atoms with van der Waals surface area (Å²) in [6.45, 7) is 1.60. The van der Waals surface area contributed by atoms with E-state index < -0.39 is 0 Å². The Labute approximate surface area is 58.8 Å². The standard InChI is InChI=1S/C6H9N3O/c1-9-6-5(4-8-9)7-2-3-10-6/h4,7H,2-3H2,1H3. The second-order valence-corrected chi connectivity index (χ2v) is 2.26. The lowest BCUT2D eigenvalue weighted by Crippen LogP contribution is -2.18. The van der Waals surface area contributed by atoms with E-state index in [9.17, 15) is 0 Å². The molecule has 0 bridgehead atoms. The SMILES string of the molecule is Cn1ncc2c1OCCN2. The van der Waals surface area contributed by atoms with Crippen molar-refractivity contribution in [2.75, 3.05) is 18.5 Å². The monoisotopic (exact) mass is 139 g/mol. The maximum atomic E-state index is 5.33. The van der Waals surface area contributed by atoms with Crippen molar-refractivity contribution in [3.63, 3.8) is 0 Å². The van der Waals surface area contributed by atoms with Crippen molar-refractivity contribution in [1.29, 1.82) is 0 Å². The molecule has 0 unspecified atom stereocenters. The van der Waals surface area contributed by atoms with Gasteiger partial charge in [0.05, 0.1) is 6.20 Å². The first kappa shape index (κ1) is 5.58. The molecule has 2 heterocycles. The van der Waals surface area contributed by atoms with E-state index in [4.69, 9.17) is 4.74 Å². The van der Waals surface area contributed by atoms with Crippen LogP contribution in [0.25, 0.3) is 0 Å². The smallest absolute Gasteiger partial charge is 0.235 e. The third-order valence-electron chi connectivity index (χ3n) is 1.54. The quantitative estimate of drug-likeness (QED) is 0.559. The third-order valence-corrected chi connectivity index (χ3v) is 1.54. The minimum absolute atomic E-state index is 0.729. The number of aromatic nitrogens is 2. The predicted octanol–water partition coefficient (Wildman–Crippen LogP) is 0.224. The van der Waals surface area contributed by atoms with Crippen LogP contribution >= 0.6 is 0 Å². The fourth-order valence-corrected chi connectivity index (χ4v) is 1.05. The van der Waals surface area contributed by atoms with Crippen molar-refractivity contribution in [1.82, 2.24) is 9.78 Å². The normalized spacial score (nSPS) is 15.3. The molecule has 10 heavy (non-hydrogen) atoms. The highest BCUT2D eigenvalue weighted by molar-refractivity contribution is 5.52. The Hall–Kier alpha value is -1.19. The summed E-state index contributed by atoms with van der Waals surface area (Å²) in [5.74, 6) is 0.839. The third kappa shape index (κ3) is 0.650. The van der Waals surface area contributed by atoms with Gasteiger partial charge in [-0.25, -0.2) is 4.68 Å². The summed E-state index contributed by atoms with van der Waals surface area (Å²) in [5, 5.41) is 7.20. The van der Waals surface area contributed by atoms with Gasteiger partial charge in [-0.15, -0.1) is 0 Å². The van der Waals surface area contributed by atoms with Crippen molar-refractivity contribution < 1.29 is 4.74 Å². The first-order valence-corrected chi connectivity index (χ1v) is 3.26. The minimum Gasteiger partial charge on any atom is -0.475 e. The molecule has 0 spiro atoms. The molecule has 4 nitrogen and oxygen atoms in total. The van der Waals surface area contributed by atoms with Gasteiger partial charge in [0.2, 0.25) is 5.88 Å². The highest BCUT2D eigenvalue weighted by Crippen LogP contribution is 2.24. The molecule has 1 aliphatic heterocycles. The fraction of sp³-hybridized carbons (Fsp3) is 0.500. The summed E-state index contributed by atoms with van der Waals surface area (Å²) in [4.78, 5) is 0. The van der Waals surface area contributed by atoms with Crippen molar-refractivity contribution in [2.45, 2.75) is 0 Å². The van der Waals surface area contributed by atoms with Crippen molar-refractivity contribution >= 4 is 5.69 Å². The molecule has 1 aromatic rings. The van der Waals surface area contributed by atoms with Gasteiger partial charge in [0.1, 0.15) is 12.3 Å². The highest BCUT2D eigenvalue weighted by Gasteiger charge is 2.12. The van der Waals surface area contributed by atoms with Crippen molar-refractivity contribution in [3.05, 3.63) is 6.20 Å². The van der Waals surface area contributed by atoms with Gasteiger partial charge in [-0.05, 0) is 0 Å². The number of ether oxygens (including phenoxy) is 1. The summed E-state index contributed by atoms with van der Waals surface area (Å²) < 4.78 is 7.06. The number of nitrogens with one attached hydrogen (secondary N) is 1. The largest absolute Gasteiger partial charge is 0.475 e. The Morgan fingerprint density at radius 2 is 2.70 bits per heavy atom. The van der Waals surface area contributed by atoms with Crippen LogP contribution in [0.15, 0.2) is 6.20 Å². The predicted molar refractivity (Wildman–Crippen MR) is 37.2 cm³/mol. The fourth-order valence-electron chi connectivity index (χ4n) is 1.05. The number of hydrogen-bond acceptors (Lipinski definition) is 3. The lowest BCUT2D eigenvalue weighted by atomic mass is 10.4. The average molecular weight is 139 g/mol. The van der Waals surface area contributed by atoms with Crippen LogP contribution in [0.4, 0.5) is 5.69 Å². The van der Waals surface area contributed by atoms with E-state index in [0.717, 1.165) is 24.7 Å². The molecule has 4 heteroatoms. The molecule has 54 valence electrons. The second kappa shape index (κ2) is 1.90. The summed E-state index contributed by atoms with van der Waals surface area (Å²) in [6, 6.07) is 0. The average Bonchev–Trinajstić information content (AvgIpc) is 2.34. The number of aryl methyl sites for hydroxylation is 1. The molecule has 1 aliphatic rings. The summed E-state index contributed by atoms with van der Waals surface area (Å²) >= 11 is 0. The van der Waals surface area contributed by atoms with Crippen LogP contribution in [-0.2, 0) is 7.05 Å². The zero-order valence-electron chi connectivity index (χ0n) is 5.79. The van der Waals surface area contributed by atoms with Gasteiger partial charge in [-0.1, -0.05) is 0 Å². The molecule has 0 amide bonds. The van der Waals surface area contributed by atoms with Crippen molar-refractivity contribution in [2.24, 2.45) is 7.05 Å². The van der Waals surface area contributed by atoms with Crippen LogP contribution in [0.3, 0.4) is 0 Å². The van der Waals surface area contributed by atoms with E-state index in [1.54, 1.807) is 10.9 Å². The van der Waals surface area contributed by atoms with Gasteiger partial charge in [-0.3, -0.25) is 0 Å². The van der Waals surface area contributed by atoms with E-state index in [-0.39, 0.29) is 0 Å². The van der Waals surface area contributed by atoms with Crippen LogP contribution in [0, 0.1) is 0 Å². The van der Waals surface area contributed by atoms with Crippen LogP contribution in [0.1, 0.15) is 0 Å². The van der Waals surface area contributed by atoms with E-state index >= 15 is 0 Å². The molecule has 0 fully saturated rings. The van der Waals surface area contributed by atoms with Gasteiger partial charge in [-0.2, -0.15) is 5.10 Å². The lowest BCUT2D eigenvalue weighted by Gasteiger charge is -2.14. The van der Waals surface area contributed by atoms with Gasteiger partial charge < -0.3 is 10.1 Å². The Balaban J connectivity index is 2.45. The van der Waals surface area contributed by atoms with Crippen molar-refractivity contribution in [3.8, 4) is 5.88 Å². The summed E-state index contributed by atoms with van der Waals surface area (Å²) in [5.41, 5.74) is 0.994. The van der Waals surface area contributed by atoms with Gasteiger partial charge >= 0.3 is 0 Å². The lowest BCUT2D eigenvalue weighted by molar-refractivity contribution is 0.295. The molecule has 0 atom stereocenters. The highest BCUT2D eigenvalue weighted by atomic mass is 16.5. The summed E-state index contributed by atoms with van der Waals surface area (Å²) in [6.07, 6.45) is 1.77. The molecule has 0 radical (unpaired) electrons. The molecule has 0 saturated carbocycles. The van der Waals surface area contributed by atoms with Crippen LogP contribution in [-0.4, -0.2) is 22.9 Å². The Morgan fingerprint density at radius 3 is 3.50 bits per heavy atom. The topological polar surface area (TPSA) is 39.1 Å². The van der Waals surface area contributed by atoms with Gasteiger partial charge in [0.15, 0.2) is 0 Å². The molecular weight excluding hydrogens is 130 g/mol. The molecular formula is C6H9N3O. The van der Waals surface area contributed by atoms with Crippen LogP contribution in [0.5, 0.6) is 5.88 Å². The summed E-state index contributed by atoms with van der Waals surface area (Å²) in [7, 11) is 1.87. The number of rotatable bonds is 0. The second-order valence-electron chi connectivity index (χ2n) is 2.26. The number of nitrogens with zero attached hydrogens (tertiary/aromatic N) is 2. The van der Waals surface area contributed by atoms with Crippen LogP contribution < -0.4 is 10.1 Å². The maximum absolute atomic E-state index is 5.33. The molecule has 2 rings (SSSR count). The Bertz CT molecular complexity index is 243. The number of fused-ring (bicyclic) bond motifs is 1. The van der Waals surface area contributed by atoms with E-state index in [2.05, 4.69) is 10.4 Å².